The lowest BCUT2D eigenvalue weighted by atomic mass is 9.84. The number of benzene rings is 1. The number of ether oxygens (including phenoxy) is 2. The predicted octanol–water partition coefficient (Wildman–Crippen LogP) is 2.69. The first kappa shape index (κ1) is 23.8. The summed E-state index contributed by atoms with van der Waals surface area (Å²) >= 11 is 0. The third-order valence-electron chi connectivity index (χ3n) is 6.45. The molecule has 10 nitrogen and oxygen atoms in total. The quantitative estimate of drug-likeness (QED) is 0.524. The van der Waals surface area contributed by atoms with E-state index in [0.717, 1.165) is 18.7 Å². The molecule has 2 atom stereocenters. The number of hydrogen-bond acceptors (Lipinski definition) is 8. The molecule has 1 amide bonds. The van der Waals surface area contributed by atoms with Gasteiger partial charge >= 0.3 is 6.18 Å². The van der Waals surface area contributed by atoms with Crippen molar-refractivity contribution in [3.8, 4) is 17.2 Å². The maximum absolute atomic E-state index is 13.7. The van der Waals surface area contributed by atoms with E-state index in [1.54, 1.807) is 21.9 Å². The second kappa shape index (κ2) is 9.28. The van der Waals surface area contributed by atoms with E-state index >= 15 is 0 Å². The number of halogens is 3. The van der Waals surface area contributed by atoms with Crippen LogP contribution < -0.4 is 14.4 Å². The molecular weight excluding hydrogens is 479 g/mol. The molecule has 190 valence electrons. The largest absolute Gasteiger partial charge is 0.493 e. The van der Waals surface area contributed by atoms with Crippen molar-refractivity contribution in [3.05, 3.63) is 48.0 Å². The van der Waals surface area contributed by atoms with E-state index < -0.39 is 11.9 Å². The van der Waals surface area contributed by atoms with Crippen molar-refractivity contribution in [1.29, 1.82) is 0 Å². The number of aromatic nitrogens is 5. The number of carbonyl (C=O) groups excluding carboxylic acids is 1. The Kier molecular flexibility index (Phi) is 6.14. The summed E-state index contributed by atoms with van der Waals surface area (Å²) in [6.07, 6.45) is 0.501. The maximum atomic E-state index is 13.7. The fraction of sp³-hybridized carbons (Fsp3) is 0.435. The number of likely N-dealkylation sites (tertiary alicyclic amines) is 1. The summed E-state index contributed by atoms with van der Waals surface area (Å²) in [5.74, 6) is 0.820. The number of rotatable bonds is 5. The third-order valence-corrected chi connectivity index (χ3v) is 6.45. The Morgan fingerprint density at radius 1 is 0.972 bits per heavy atom. The maximum Gasteiger partial charge on any atom is 0.433 e. The van der Waals surface area contributed by atoms with Gasteiger partial charge in [-0.15, -0.1) is 0 Å². The second-order valence-electron chi connectivity index (χ2n) is 8.87. The normalized spacial score (nSPS) is 19.8. The summed E-state index contributed by atoms with van der Waals surface area (Å²) in [5.41, 5.74) is -0.146. The van der Waals surface area contributed by atoms with Crippen molar-refractivity contribution in [2.75, 3.05) is 45.3 Å². The van der Waals surface area contributed by atoms with Crippen LogP contribution in [0.3, 0.4) is 0 Å². The van der Waals surface area contributed by atoms with Gasteiger partial charge in [0, 0.05) is 38.4 Å². The average Bonchev–Trinajstić information content (AvgIpc) is 3.41. The van der Waals surface area contributed by atoms with Crippen LogP contribution in [0.1, 0.15) is 22.5 Å². The highest BCUT2D eigenvalue weighted by Gasteiger charge is 2.39. The molecule has 0 spiro atoms. The Hall–Kier alpha value is -3.90. The van der Waals surface area contributed by atoms with Crippen LogP contribution in [0.4, 0.5) is 19.1 Å². The summed E-state index contributed by atoms with van der Waals surface area (Å²) in [7, 11) is 3.00. The molecule has 2 aliphatic rings. The van der Waals surface area contributed by atoms with Crippen LogP contribution >= 0.6 is 0 Å². The zero-order chi connectivity index (χ0) is 25.4. The zero-order valence-electron chi connectivity index (χ0n) is 19.6. The number of methoxy groups -OCH3 is 2. The van der Waals surface area contributed by atoms with Gasteiger partial charge in [-0.05, 0) is 30.4 Å². The number of carbonyl (C=O) groups is 1. The molecule has 0 N–H and O–H groups in total. The van der Waals surface area contributed by atoms with Crippen molar-refractivity contribution in [1.82, 2.24) is 29.9 Å². The van der Waals surface area contributed by atoms with Gasteiger partial charge in [0.15, 0.2) is 11.5 Å². The van der Waals surface area contributed by atoms with Crippen LogP contribution in [0.15, 0.2) is 36.8 Å². The summed E-state index contributed by atoms with van der Waals surface area (Å²) in [6.45, 7) is 1.82. The smallest absolute Gasteiger partial charge is 0.433 e. The first-order chi connectivity index (χ1) is 17.3. The van der Waals surface area contributed by atoms with Crippen LogP contribution in [0.5, 0.6) is 11.5 Å². The molecule has 36 heavy (non-hydrogen) atoms. The fourth-order valence-corrected chi connectivity index (χ4v) is 4.98. The second-order valence-corrected chi connectivity index (χ2v) is 8.87. The first-order valence-electron chi connectivity index (χ1n) is 11.3. The highest BCUT2D eigenvalue weighted by molar-refractivity contribution is 5.98. The van der Waals surface area contributed by atoms with Gasteiger partial charge in [-0.25, -0.2) is 9.97 Å². The topological polar surface area (TPSA) is 98.5 Å². The minimum absolute atomic E-state index is 0.0611. The van der Waals surface area contributed by atoms with Crippen LogP contribution in [0.2, 0.25) is 0 Å². The Bertz CT molecular complexity index is 1240. The molecule has 5 rings (SSSR count). The number of alkyl halides is 3. The molecule has 0 saturated carbocycles. The molecule has 0 radical (unpaired) electrons. The van der Waals surface area contributed by atoms with E-state index in [9.17, 15) is 18.0 Å². The predicted molar refractivity (Wildman–Crippen MR) is 121 cm³/mol. The number of amides is 1. The van der Waals surface area contributed by atoms with Crippen molar-refractivity contribution in [3.63, 3.8) is 0 Å². The first-order valence-corrected chi connectivity index (χ1v) is 11.3. The Morgan fingerprint density at radius 3 is 2.22 bits per heavy atom. The molecule has 1 aromatic carbocycles. The molecule has 2 fully saturated rings. The lowest BCUT2D eigenvalue weighted by Gasteiger charge is -2.45. The van der Waals surface area contributed by atoms with Crippen molar-refractivity contribution in [2.24, 2.45) is 11.8 Å². The number of anilines is 1. The minimum Gasteiger partial charge on any atom is -0.493 e. The molecule has 2 unspecified atom stereocenters. The number of fused-ring (bicyclic) bond motifs is 2. The van der Waals surface area contributed by atoms with E-state index in [2.05, 4.69) is 20.2 Å². The lowest BCUT2D eigenvalue weighted by molar-refractivity contribution is -0.141. The summed E-state index contributed by atoms with van der Waals surface area (Å²) < 4.78 is 50.2. The molecular formula is C23H24F3N7O3. The summed E-state index contributed by atoms with van der Waals surface area (Å²) in [4.78, 5) is 26.4. The zero-order valence-corrected chi connectivity index (χ0v) is 19.6. The third kappa shape index (κ3) is 4.52. The molecule has 2 aromatic heterocycles. The molecule has 2 bridgehead atoms. The van der Waals surface area contributed by atoms with Gasteiger partial charge in [0.2, 0.25) is 5.95 Å². The van der Waals surface area contributed by atoms with Gasteiger partial charge in [-0.1, -0.05) is 0 Å². The van der Waals surface area contributed by atoms with E-state index in [1.807, 2.05) is 0 Å². The average molecular weight is 503 g/mol. The highest BCUT2D eigenvalue weighted by atomic mass is 19.4. The van der Waals surface area contributed by atoms with Crippen LogP contribution in [-0.2, 0) is 6.18 Å². The SMILES string of the molecule is COc1cc(C(=O)N2CC3CC(C2)CN(c2nccc(C(F)(F)F)n2)C3)c(-n2nccn2)cc1OC. The van der Waals surface area contributed by atoms with Gasteiger partial charge in [0.1, 0.15) is 11.4 Å². The van der Waals surface area contributed by atoms with Crippen molar-refractivity contribution < 1.29 is 27.4 Å². The van der Waals surface area contributed by atoms with E-state index in [0.29, 0.717) is 48.9 Å². The molecule has 2 saturated heterocycles. The Morgan fingerprint density at radius 2 is 1.61 bits per heavy atom. The van der Waals surface area contributed by atoms with E-state index in [4.69, 9.17) is 9.47 Å². The van der Waals surface area contributed by atoms with Gasteiger partial charge in [-0.2, -0.15) is 28.2 Å². The molecule has 13 heteroatoms. The highest BCUT2D eigenvalue weighted by Crippen LogP contribution is 2.36. The number of hydrogen-bond donors (Lipinski definition) is 0. The molecule has 2 aliphatic heterocycles. The Balaban J connectivity index is 1.39. The van der Waals surface area contributed by atoms with Gasteiger partial charge in [-0.3, -0.25) is 4.79 Å². The molecule has 4 heterocycles. The summed E-state index contributed by atoms with van der Waals surface area (Å²) in [5, 5.41) is 8.34. The van der Waals surface area contributed by atoms with Crippen LogP contribution in [0, 0.1) is 11.8 Å². The van der Waals surface area contributed by atoms with Crippen LogP contribution in [0.25, 0.3) is 5.69 Å². The lowest BCUT2D eigenvalue weighted by Crippen LogP contribution is -2.54. The number of piperidine rings is 2. The van der Waals surface area contributed by atoms with Crippen molar-refractivity contribution in [2.45, 2.75) is 12.6 Å². The minimum atomic E-state index is -4.53. The van der Waals surface area contributed by atoms with E-state index in [1.165, 1.54) is 31.4 Å². The molecule has 3 aromatic rings. The summed E-state index contributed by atoms with van der Waals surface area (Å²) in [6, 6.07) is 4.14. The fourth-order valence-electron chi connectivity index (χ4n) is 4.98. The Labute approximate surface area is 204 Å². The standard InChI is InChI=1S/C23H24F3N7O3/c1-35-18-8-16(17(9-19(18)36-2)33-28-5-6-29-33)21(34)31-10-14-7-15(11-31)13-32(12-14)22-27-4-3-20(30-22)23(24,25)26/h3-6,8-9,14-15H,7,10-13H2,1-2H3. The number of nitrogens with zero attached hydrogens (tertiary/aromatic N) is 7. The van der Waals surface area contributed by atoms with Crippen molar-refractivity contribution >= 4 is 11.9 Å². The molecule has 0 aliphatic carbocycles. The van der Waals surface area contributed by atoms with Gasteiger partial charge in [0.25, 0.3) is 5.91 Å². The van der Waals surface area contributed by atoms with Crippen LogP contribution in [-0.4, -0.2) is 76.2 Å². The van der Waals surface area contributed by atoms with E-state index in [-0.39, 0.29) is 23.7 Å². The van der Waals surface area contributed by atoms with Gasteiger partial charge in [0.05, 0.1) is 32.2 Å². The monoisotopic (exact) mass is 503 g/mol. The van der Waals surface area contributed by atoms with Gasteiger partial charge < -0.3 is 19.3 Å².